The maximum atomic E-state index is 12.1. The second kappa shape index (κ2) is 8.40. The number of amides is 1. The molecule has 0 unspecified atom stereocenters. The molecule has 0 aromatic heterocycles. The van der Waals surface area contributed by atoms with Gasteiger partial charge in [-0.1, -0.05) is 23.7 Å². The van der Waals surface area contributed by atoms with Gasteiger partial charge < -0.3 is 9.64 Å². The van der Waals surface area contributed by atoms with E-state index in [1.165, 1.54) is 12.0 Å². The Hall–Kier alpha value is -1.06. The summed E-state index contributed by atoms with van der Waals surface area (Å²) in [5.74, 6) is 0.207. The minimum atomic E-state index is 0.207. The van der Waals surface area contributed by atoms with Crippen molar-refractivity contribution in [1.29, 1.82) is 0 Å². The topological polar surface area (TPSA) is 29.5 Å². The summed E-state index contributed by atoms with van der Waals surface area (Å²) in [6.45, 7) is 1.56. The third-order valence-corrected chi connectivity index (χ3v) is 4.20. The fourth-order valence-corrected chi connectivity index (χ4v) is 2.77. The number of hydrogen-bond donors (Lipinski definition) is 0. The molecule has 1 fully saturated rings. The van der Waals surface area contributed by atoms with E-state index in [-0.39, 0.29) is 12.0 Å². The van der Waals surface area contributed by atoms with Crippen molar-refractivity contribution in [1.82, 2.24) is 4.90 Å². The van der Waals surface area contributed by atoms with Crippen molar-refractivity contribution in [2.24, 2.45) is 0 Å². The number of ether oxygens (including phenoxy) is 1. The van der Waals surface area contributed by atoms with Crippen LogP contribution >= 0.6 is 11.6 Å². The largest absolute Gasteiger partial charge is 0.376 e. The van der Waals surface area contributed by atoms with E-state index >= 15 is 0 Å². The molecule has 21 heavy (non-hydrogen) atoms. The summed E-state index contributed by atoms with van der Waals surface area (Å²) in [6.07, 6.45) is 6.03. The number of halogens is 1. The third-order valence-electron chi connectivity index (χ3n) is 3.95. The van der Waals surface area contributed by atoms with E-state index in [2.05, 4.69) is 0 Å². The van der Waals surface area contributed by atoms with Gasteiger partial charge >= 0.3 is 0 Å². The molecule has 0 N–H and O–H groups in total. The van der Waals surface area contributed by atoms with Crippen LogP contribution in [0.2, 0.25) is 5.02 Å². The van der Waals surface area contributed by atoms with Crippen LogP contribution in [-0.4, -0.2) is 37.1 Å². The fraction of sp³-hybridized carbons (Fsp3) is 0.588. The number of carbonyl (C=O) groups is 1. The maximum Gasteiger partial charge on any atom is 0.222 e. The van der Waals surface area contributed by atoms with E-state index in [0.717, 1.165) is 43.9 Å². The Morgan fingerprint density at radius 1 is 1.33 bits per heavy atom. The lowest BCUT2D eigenvalue weighted by atomic mass is 10.1. The van der Waals surface area contributed by atoms with Gasteiger partial charge in [-0.05, 0) is 49.8 Å². The molecule has 1 heterocycles. The second-order valence-electron chi connectivity index (χ2n) is 5.74. The Bertz CT molecular complexity index is 441. The lowest BCUT2D eigenvalue weighted by molar-refractivity contribution is -0.132. The lowest BCUT2D eigenvalue weighted by Crippen LogP contribution is -2.37. The molecule has 1 aliphatic heterocycles. The molecule has 0 aliphatic carbocycles. The number of likely N-dealkylation sites (N-methyl/N-ethyl adjacent to an activating group) is 1. The molecule has 1 saturated heterocycles. The van der Waals surface area contributed by atoms with Gasteiger partial charge in [-0.2, -0.15) is 0 Å². The van der Waals surface area contributed by atoms with Gasteiger partial charge in [0.2, 0.25) is 5.91 Å². The highest BCUT2D eigenvalue weighted by Gasteiger charge is 2.18. The van der Waals surface area contributed by atoms with Gasteiger partial charge in [0.1, 0.15) is 0 Å². The molecule has 0 saturated carbocycles. The molecule has 116 valence electrons. The average molecular weight is 310 g/mol. The number of hydrogen-bond acceptors (Lipinski definition) is 2. The van der Waals surface area contributed by atoms with E-state index in [9.17, 15) is 4.79 Å². The van der Waals surface area contributed by atoms with Crippen molar-refractivity contribution in [3.63, 3.8) is 0 Å². The summed E-state index contributed by atoms with van der Waals surface area (Å²) in [5, 5.41) is 0.752. The Balaban J connectivity index is 1.67. The van der Waals surface area contributed by atoms with Crippen molar-refractivity contribution >= 4 is 17.5 Å². The first-order valence-corrected chi connectivity index (χ1v) is 8.13. The molecule has 1 aromatic rings. The van der Waals surface area contributed by atoms with Gasteiger partial charge in [-0.25, -0.2) is 0 Å². The molecule has 1 atom stereocenters. The fourth-order valence-electron chi connectivity index (χ4n) is 2.64. The van der Waals surface area contributed by atoms with Crippen molar-refractivity contribution in [3.8, 4) is 0 Å². The molecule has 1 aliphatic rings. The minimum Gasteiger partial charge on any atom is -0.376 e. The Morgan fingerprint density at radius 3 is 2.76 bits per heavy atom. The number of rotatable bonds is 6. The van der Waals surface area contributed by atoms with E-state index in [1.54, 1.807) is 0 Å². The van der Waals surface area contributed by atoms with E-state index in [4.69, 9.17) is 16.3 Å². The summed E-state index contributed by atoms with van der Waals surface area (Å²) in [7, 11) is 1.88. The SMILES string of the molecule is CN(C[C@@H]1CCCCO1)C(=O)CCCc1ccc(Cl)cc1. The maximum absolute atomic E-state index is 12.1. The summed E-state index contributed by atoms with van der Waals surface area (Å²) in [4.78, 5) is 13.9. The molecular formula is C17H24ClNO2. The Morgan fingerprint density at radius 2 is 2.10 bits per heavy atom. The zero-order valence-corrected chi connectivity index (χ0v) is 13.4. The van der Waals surface area contributed by atoms with Crippen LogP contribution in [0.3, 0.4) is 0 Å². The Kier molecular flexibility index (Phi) is 6.52. The highest BCUT2D eigenvalue weighted by atomic mass is 35.5. The Labute approximate surface area is 132 Å². The first-order chi connectivity index (χ1) is 10.1. The molecule has 1 amide bonds. The van der Waals surface area contributed by atoms with E-state index in [1.807, 2.05) is 36.2 Å². The molecule has 0 radical (unpaired) electrons. The van der Waals surface area contributed by atoms with Crippen molar-refractivity contribution < 1.29 is 9.53 Å². The summed E-state index contributed by atoms with van der Waals surface area (Å²) < 4.78 is 5.68. The van der Waals surface area contributed by atoms with Crippen molar-refractivity contribution in [2.75, 3.05) is 20.2 Å². The van der Waals surface area contributed by atoms with Crippen molar-refractivity contribution in [3.05, 3.63) is 34.9 Å². The predicted octanol–water partition coefficient (Wildman–Crippen LogP) is 3.69. The summed E-state index contributed by atoms with van der Waals surface area (Å²) >= 11 is 5.86. The number of carbonyl (C=O) groups excluding carboxylic acids is 1. The summed E-state index contributed by atoms with van der Waals surface area (Å²) in [5.41, 5.74) is 1.23. The smallest absolute Gasteiger partial charge is 0.222 e. The van der Waals surface area contributed by atoms with Gasteiger partial charge in [0.25, 0.3) is 0 Å². The molecule has 0 bridgehead atoms. The normalized spacial score (nSPS) is 18.5. The van der Waals surface area contributed by atoms with E-state index in [0.29, 0.717) is 6.42 Å². The van der Waals surface area contributed by atoms with Crippen molar-refractivity contribution in [2.45, 2.75) is 44.6 Å². The average Bonchev–Trinajstić information content (AvgIpc) is 2.50. The van der Waals surface area contributed by atoms with Crippen LogP contribution in [0.5, 0.6) is 0 Å². The molecule has 0 spiro atoms. The van der Waals surface area contributed by atoms with Crippen LogP contribution in [0.1, 0.15) is 37.7 Å². The zero-order valence-electron chi connectivity index (χ0n) is 12.7. The number of aryl methyl sites for hydroxylation is 1. The molecule has 3 nitrogen and oxygen atoms in total. The second-order valence-corrected chi connectivity index (χ2v) is 6.18. The quantitative estimate of drug-likeness (QED) is 0.802. The van der Waals surface area contributed by atoms with Crippen LogP contribution < -0.4 is 0 Å². The van der Waals surface area contributed by atoms with Gasteiger partial charge in [0, 0.05) is 31.6 Å². The van der Waals surface area contributed by atoms with E-state index < -0.39 is 0 Å². The van der Waals surface area contributed by atoms with Gasteiger partial charge in [0.15, 0.2) is 0 Å². The van der Waals surface area contributed by atoms with Crippen LogP contribution in [0.15, 0.2) is 24.3 Å². The summed E-state index contributed by atoms with van der Waals surface area (Å²) in [6, 6.07) is 7.83. The van der Waals surface area contributed by atoms with Crippen LogP contribution in [0, 0.1) is 0 Å². The van der Waals surface area contributed by atoms with Gasteiger partial charge in [-0.3, -0.25) is 4.79 Å². The lowest BCUT2D eigenvalue weighted by Gasteiger charge is -2.27. The van der Waals surface area contributed by atoms with Gasteiger partial charge in [0.05, 0.1) is 6.10 Å². The number of nitrogens with zero attached hydrogens (tertiary/aromatic N) is 1. The van der Waals surface area contributed by atoms with Crippen LogP contribution in [0.25, 0.3) is 0 Å². The molecule has 1 aromatic carbocycles. The molecule has 4 heteroatoms. The van der Waals surface area contributed by atoms with Crippen LogP contribution in [-0.2, 0) is 16.0 Å². The number of benzene rings is 1. The van der Waals surface area contributed by atoms with Gasteiger partial charge in [-0.15, -0.1) is 0 Å². The predicted molar refractivity (Wildman–Crippen MR) is 85.6 cm³/mol. The minimum absolute atomic E-state index is 0.207. The molecule has 2 rings (SSSR count). The van der Waals surface area contributed by atoms with Crippen LogP contribution in [0.4, 0.5) is 0 Å². The zero-order chi connectivity index (χ0) is 15.1. The first kappa shape index (κ1) is 16.3. The molecular weight excluding hydrogens is 286 g/mol. The highest BCUT2D eigenvalue weighted by Crippen LogP contribution is 2.15. The first-order valence-electron chi connectivity index (χ1n) is 7.75. The monoisotopic (exact) mass is 309 g/mol. The highest BCUT2D eigenvalue weighted by molar-refractivity contribution is 6.30. The third kappa shape index (κ3) is 5.68. The standard InChI is InChI=1S/C17H24ClNO2/c1-19(13-16-6-2-3-12-21-16)17(20)7-4-5-14-8-10-15(18)11-9-14/h8-11,16H,2-7,12-13H2,1H3/t16-/m0/s1.